The van der Waals surface area contributed by atoms with Crippen LogP contribution in [0.5, 0.6) is 0 Å². The molecule has 4 aliphatic carbocycles. The number of ketones is 1. The van der Waals surface area contributed by atoms with Gasteiger partial charge in [-0.25, -0.2) is 0 Å². The van der Waals surface area contributed by atoms with Gasteiger partial charge in [0.25, 0.3) is 5.91 Å². The molecule has 5 fully saturated rings. The first-order chi connectivity index (χ1) is 18.8. The van der Waals surface area contributed by atoms with Crippen LogP contribution in [-0.2, 0) is 11.0 Å². The number of hydrogen-bond acceptors (Lipinski definition) is 4. The van der Waals surface area contributed by atoms with E-state index in [0.717, 1.165) is 63.9 Å². The molecule has 0 bridgehead atoms. The second-order valence-electron chi connectivity index (χ2n) is 14.1. The average Bonchev–Trinajstić information content (AvgIpc) is 3.23. The van der Waals surface area contributed by atoms with Gasteiger partial charge in [0.2, 0.25) is 0 Å². The van der Waals surface area contributed by atoms with E-state index in [2.05, 4.69) is 18.7 Å². The fourth-order valence-corrected chi connectivity index (χ4v) is 9.85. The lowest BCUT2D eigenvalue weighted by Gasteiger charge is -2.61. The number of amides is 1. The Balaban J connectivity index is 1.07. The van der Waals surface area contributed by atoms with Crippen molar-refractivity contribution < 1.29 is 27.9 Å². The first-order valence-corrected chi connectivity index (χ1v) is 15.3. The van der Waals surface area contributed by atoms with Gasteiger partial charge in [-0.1, -0.05) is 26.0 Å². The second-order valence-corrected chi connectivity index (χ2v) is 14.1. The van der Waals surface area contributed by atoms with E-state index in [1.165, 1.54) is 23.1 Å². The summed E-state index contributed by atoms with van der Waals surface area (Å²) in [5, 5.41) is 11.8. The van der Waals surface area contributed by atoms with Crippen molar-refractivity contribution in [2.45, 2.75) is 83.4 Å². The lowest BCUT2D eigenvalue weighted by molar-refractivity contribution is -0.157. The molecule has 1 amide bonds. The third-order valence-corrected chi connectivity index (χ3v) is 12.2. The van der Waals surface area contributed by atoms with Crippen LogP contribution in [0.3, 0.4) is 0 Å². The number of nitrogens with zero attached hydrogens (tertiary/aromatic N) is 2. The zero-order valence-corrected chi connectivity index (χ0v) is 23.8. The van der Waals surface area contributed by atoms with Crippen LogP contribution in [0.1, 0.15) is 87.6 Å². The molecule has 0 spiro atoms. The molecule has 1 saturated heterocycles. The summed E-state index contributed by atoms with van der Waals surface area (Å²) in [5.74, 6) is 2.16. The highest BCUT2D eigenvalue weighted by Crippen LogP contribution is 2.66. The van der Waals surface area contributed by atoms with E-state index in [1.807, 2.05) is 0 Å². The Kier molecular flexibility index (Phi) is 6.93. The van der Waals surface area contributed by atoms with E-state index >= 15 is 0 Å². The van der Waals surface area contributed by atoms with Crippen LogP contribution in [0.15, 0.2) is 24.3 Å². The highest BCUT2D eigenvalue weighted by Gasteiger charge is 2.61. The van der Waals surface area contributed by atoms with Gasteiger partial charge in [0.05, 0.1) is 16.7 Å². The summed E-state index contributed by atoms with van der Waals surface area (Å²) in [6.07, 6.45) is 4.18. The second kappa shape index (κ2) is 9.82. The van der Waals surface area contributed by atoms with E-state index in [1.54, 1.807) is 0 Å². The summed E-state index contributed by atoms with van der Waals surface area (Å²) in [6.45, 7) is 7.02. The molecule has 5 nitrogen and oxygen atoms in total. The molecule has 1 N–H and O–H groups in total. The molecule has 220 valence electrons. The third kappa shape index (κ3) is 4.61. The summed E-state index contributed by atoms with van der Waals surface area (Å²) in [5.41, 5.74) is -1.87. The van der Waals surface area contributed by atoms with Crippen LogP contribution >= 0.6 is 0 Å². The van der Waals surface area contributed by atoms with Crippen molar-refractivity contribution in [2.75, 3.05) is 32.7 Å². The molecule has 7 atom stereocenters. The minimum atomic E-state index is -4.57. The molecule has 0 unspecified atom stereocenters. The first kappa shape index (κ1) is 28.2. The molecule has 1 heterocycles. The van der Waals surface area contributed by atoms with Gasteiger partial charge in [0.15, 0.2) is 0 Å². The quantitative estimate of drug-likeness (QED) is 0.507. The highest BCUT2D eigenvalue weighted by molar-refractivity contribution is 5.96. The van der Waals surface area contributed by atoms with E-state index < -0.39 is 23.2 Å². The summed E-state index contributed by atoms with van der Waals surface area (Å²) in [7, 11) is 0. The minimum Gasteiger partial charge on any atom is -0.389 e. The fourth-order valence-electron chi connectivity index (χ4n) is 9.85. The van der Waals surface area contributed by atoms with Crippen LogP contribution in [0.2, 0.25) is 0 Å². The maximum absolute atomic E-state index is 13.4. The van der Waals surface area contributed by atoms with Crippen LogP contribution in [0.4, 0.5) is 13.2 Å². The summed E-state index contributed by atoms with van der Waals surface area (Å²) in [4.78, 5) is 29.4. The van der Waals surface area contributed by atoms with E-state index in [9.17, 15) is 27.9 Å². The number of carbonyl (C=O) groups excluding carboxylic acids is 2. The number of hydrogen-bond donors (Lipinski definition) is 1. The van der Waals surface area contributed by atoms with E-state index in [-0.39, 0.29) is 16.4 Å². The van der Waals surface area contributed by atoms with Crippen molar-refractivity contribution >= 4 is 11.7 Å². The smallest absolute Gasteiger partial charge is 0.389 e. The maximum atomic E-state index is 13.4. The van der Waals surface area contributed by atoms with E-state index in [0.29, 0.717) is 62.2 Å². The van der Waals surface area contributed by atoms with E-state index in [4.69, 9.17) is 0 Å². The summed E-state index contributed by atoms with van der Waals surface area (Å²) in [6, 6.07) is 4.99. The van der Waals surface area contributed by atoms with Crippen molar-refractivity contribution in [1.82, 2.24) is 9.80 Å². The van der Waals surface area contributed by atoms with Crippen molar-refractivity contribution in [1.29, 1.82) is 0 Å². The summed E-state index contributed by atoms with van der Waals surface area (Å²) >= 11 is 0. The predicted octanol–water partition coefficient (Wildman–Crippen LogP) is 5.81. The van der Waals surface area contributed by atoms with Gasteiger partial charge in [-0.3, -0.25) is 14.5 Å². The number of fused-ring (bicyclic) bond motifs is 5. The molecule has 1 aromatic carbocycles. The fraction of sp³-hybridized carbons (Fsp3) is 0.750. The summed E-state index contributed by atoms with van der Waals surface area (Å²) < 4.78 is 40.3. The zero-order valence-electron chi connectivity index (χ0n) is 23.8. The van der Waals surface area contributed by atoms with Gasteiger partial charge in [0, 0.05) is 44.6 Å². The van der Waals surface area contributed by atoms with Crippen molar-refractivity contribution in [2.24, 2.45) is 34.5 Å². The molecular formula is C32H43F3N2O3. The Morgan fingerprint density at radius 1 is 0.975 bits per heavy atom. The number of β-amino-alcohol motifs (C(OH)–C–C–N with tert-alkyl or cyclic N) is 1. The number of aliphatic hydroxyl groups is 1. The topological polar surface area (TPSA) is 60.9 Å². The van der Waals surface area contributed by atoms with Crippen LogP contribution in [-0.4, -0.2) is 64.9 Å². The van der Waals surface area contributed by atoms with Crippen LogP contribution < -0.4 is 0 Å². The van der Waals surface area contributed by atoms with Crippen LogP contribution in [0.25, 0.3) is 0 Å². The van der Waals surface area contributed by atoms with Gasteiger partial charge < -0.3 is 10.0 Å². The van der Waals surface area contributed by atoms with Gasteiger partial charge in [-0.05, 0) is 92.6 Å². The number of piperazine rings is 1. The standard InChI is InChI=1S/C32H43F3N2O3/c1-29-13-14-31(40,19-21(29)7-8-22-24-9-10-27(38)30(24,2)12-11-25(22)29)20-36-15-17-37(18-16-36)28(39)23-5-3-4-6-26(23)32(33,34)35/h3-6,21-22,24-25,40H,7-20H2,1-2H3/t21-,22-,24-,25-,29-,30-,31+/m0/s1. The highest BCUT2D eigenvalue weighted by atomic mass is 19.4. The minimum absolute atomic E-state index is 0.113. The van der Waals surface area contributed by atoms with Crippen LogP contribution in [0, 0.1) is 34.5 Å². The monoisotopic (exact) mass is 560 g/mol. The normalized spacial score (nSPS) is 40.4. The van der Waals surface area contributed by atoms with Gasteiger partial charge in [-0.15, -0.1) is 0 Å². The maximum Gasteiger partial charge on any atom is 0.417 e. The Bertz CT molecular complexity index is 1160. The average molecular weight is 561 g/mol. The lowest BCUT2D eigenvalue weighted by Crippen LogP contribution is -2.59. The number of alkyl halides is 3. The first-order valence-electron chi connectivity index (χ1n) is 15.3. The number of rotatable bonds is 3. The van der Waals surface area contributed by atoms with Gasteiger partial charge in [0.1, 0.15) is 5.78 Å². The molecule has 40 heavy (non-hydrogen) atoms. The number of benzene rings is 1. The number of carbonyl (C=O) groups is 2. The Morgan fingerprint density at radius 2 is 1.70 bits per heavy atom. The largest absolute Gasteiger partial charge is 0.417 e. The molecule has 1 aliphatic heterocycles. The third-order valence-electron chi connectivity index (χ3n) is 12.2. The SMILES string of the molecule is C[C@]12CC[C@](O)(CN3CCN(C(=O)c4ccccc4C(F)(F)F)CC3)C[C@@H]1CC[C@@H]1[C@@H]2CC[C@]2(C)C(=O)CC[C@@H]12. The molecule has 4 saturated carbocycles. The Labute approximate surface area is 235 Å². The molecule has 0 radical (unpaired) electrons. The van der Waals surface area contributed by atoms with Crippen molar-refractivity contribution in [3.05, 3.63) is 35.4 Å². The Hall–Kier alpha value is -1.93. The number of Topliss-reactive ketones (excluding diaryl/α,β-unsaturated/α-hetero) is 1. The molecule has 8 heteroatoms. The molecular weight excluding hydrogens is 517 g/mol. The van der Waals surface area contributed by atoms with Gasteiger partial charge >= 0.3 is 6.18 Å². The van der Waals surface area contributed by atoms with Crippen molar-refractivity contribution in [3.63, 3.8) is 0 Å². The molecule has 0 aromatic heterocycles. The van der Waals surface area contributed by atoms with Gasteiger partial charge in [-0.2, -0.15) is 13.2 Å². The Morgan fingerprint density at radius 3 is 2.42 bits per heavy atom. The van der Waals surface area contributed by atoms with Crippen molar-refractivity contribution in [3.8, 4) is 0 Å². The molecule has 1 aromatic rings. The molecule has 6 rings (SSSR count). The number of halogens is 3. The molecule has 5 aliphatic rings. The lowest BCUT2D eigenvalue weighted by atomic mass is 9.44. The zero-order chi connectivity index (χ0) is 28.5. The predicted molar refractivity (Wildman–Crippen MR) is 145 cm³/mol.